The van der Waals surface area contributed by atoms with E-state index in [4.69, 9.17) is 4.42 Å². The number of hydrogen-bond acceptors (Lipinski definition) is 6. The van der Waals surface area contributed by atoms with Crippen LogP contribution in [-0.2, 0) is 0 Å². The highest BCUT2D eigenvalue weighted by Gasteiger charge is 2.09. The van der Waals surface area contributed by atoms with Gasteiger partial charge < -0.3 is 24.6 Å². The third-order valence-corrected chi connectivity index (χ3v) is 3.03. The Morgan fingerprint density at radius 3 is 2.45 bits per heavy atom. The Labute approximate surface area is 122 Å². The molecule has 0 aliphatic rings. The minimum Gasteiger partial charge on any atom is -0.507 e. The number of benzene rings is 1. The molecule has 3 rings (SSSR count). The zero-order valence-corrected chi connectivity index (χ0v) is 11.4. The normalized spacial score (nSPS) is 11.5. The topological polar surface area (TPSA) is 132 Å². The first-order valence-electron chi connectivity index (χ1n) is 6.27. The molecule has 2 heterocycles. The van der Waals surface area contributed by atoms with E-state index < -0.39 is 11.3 Å². The third kappa shape index (κ3) is 2.37. The molecular weight excluding hydrogens is 290 g/mol. The van der Waals surface area contributed by atoms with Crippen molar-refractivity contribution < 1.29 is 14.6 Å². The Balaban J connectivity index is 2.08. The number of H-pyrrole nitrogens is 2. The molecular formula is C14H11N3O5. The maximum absolute atomic E-state index is 11.6. The van der Waals surface area contributed by atoms with Gasteiger partial charge in [-0.2, -0.15) is 0 Å². The second-order valence-corrected chi connectivity index (χ2v) is 4.67. The lowest BCUT2D eigenvalue weighted by Gasteiger charge is -2.00. The number of aliphatic imine (C=N–C) groups is 1. The summed E-state index contributed by atoms with van der Waals surface area (Å²) in [5.74, 6) is -0.183. The number of aromatic hydroxyl groups is 2. The number of imidazole rings is 1. The third-order valence-electron chi connectivity index (χ3n) is 3.03. The Morgan fingerprint density at radius 2 is 1.77 bits per heavy atom. The largest absolute Gasteiger partial charge is 0.507 e. The van der Waals surface area contributed by atoms with Gasteiger partial charge in [0.25, 0.3) is 0 Å². The van der Waals surface area contributed by atoms with Gasteiger partial charge in [0.15, 0.2) is 0 Å². The molecule has 0 amide bonds. The number of nitrogens with one attached hydrogen (secondary N) is 2. The standard InChI is InChI=1S/C14H11N3O5/c1-6-2-11(18)7(13(20)22-6)5-15-10-3-8-9(4-12(10)19)17-14(21)16-8/h2-5,18-19H,1H3,(H2,16,17,21). The lowest BCUT2D eigenvalue weighted by Crippen LogP contribution is -2.07. The van der Waals surface area contributed by atoms with E-state index in [2.05, 4.69) is 15.0 Å². The average Bonchev–Trinajstić information content (AvgIpc) is 2.76. The highest BCUT2D eigenvalue weighted by Crippen LogP contribution is 2.29. The zero-order chi connectivity index (χ0) is 15.9. The second kappa shape index (κ2) is 4.92. The summed E-state index contributed by atoms with van der Waals surface area (Å²) in [6.45, 7) is 1.53. The van der Waals surface area contributed by atoms with Crippen molar-refractivity contribution in [1.29, 1.82) is 0 Å². The SMILES string of the molecule is Cc1cc(O)c(C=Nc2cc3[nH]c(=O)[nH]c3cc2O)c(=O)o1. The molecule has 0 radical (unpaired) electrons. The molecule has 0 aliphatic heterocycles. The summed E-state index contributed by atoms with van der Waals surface area (Å²) in [6.07, 6.45) is 1.09. The van der Waals surface area contributed by atoms with Crippen molar-refractivity contribution >= 4 is 22.9 Å². The molecule has 2 aromatic heterocycles. The second-order valence-electron chi connectivity index (χ2n) is 4.67. The molecule has 8 nitrogen and oxygen atoms in total. The first-order chi connectivity index (χ1) is 10.4. The van der Waals surface area contributed by atoms with Gasteiger partial charge in [0, 0.05) is 18.3 Å². The van der Waals surface area contributed by atoms with E-state index in [1.165, 1.54) is 25.1 Å². The molecule has 0 bridgehead atoms. The van der Waals surface area contributed by atoms with Crippen LogP contribution in [0.5, 0.6) is 11.5 Å². The summed E-state index contributed by atoms with van der Waals surface area (Å²) in [5, 5.41) is 19.6. The molecule has 1 aromatic carbocycles. The van der Waals surface area contributed by atoms with Gasteiger partial charge in [-0.3, -0.25) is 4.99 Å². The summed E-state index contributed by atoms with van der Waals surface area (Å²) < 4.78 is 4.86. The van der Waals surface area contributed by atoms with E-state index in [-0.39, 0.29) is 28.5 Å². The maximum atomic E-state index is 11.6. The van der Waals surface area contributed by atoms with Crippen LogP contribution in [0, 0.1) is 6.92 Å². The minimum atomic E-state index is -0.739. The minimum absolute atomic E-state index is 0.127. The Bertz CT molecular complexity index is 1010. The van der Waals surface area contributed by atoms with Crippen molar-refractivity contribution in [3.63, 3.8) is 0 Å². The van der Waals surface area contributed by atoms with Crippen molar-refractivity contribution in [2.24, 2.45) is 4.99 Å². The Morgan fingerprint density at radius 1 is 1.09 bits per heavy atom. The Kier molecular flexibility index (Phi) is 3.06. The fourth-order valence-electron chi connectivity index (χ4n) is 2.02. The van der Waals surface area contributed by atoms with E-state index >= 15 is 0 Å². The van der Waals surface area contributed by atoms with Crippen LogP contribution in [0.15, 0.2) is 37.2 Å². The monoisotopic (exact) mass is 301 g/mol. The lowest BCUT2D eigenvalue weighted by molar-refractivity contribution is 0.433. The van der Waals surface area contributed by atoms with Crippen LogP contribution in [-0.4, -0.2) is 26.4 Å². The average molecular weight is 301 g/mol. The van der Waals surface area contributed by atoms with E-state index in [0.29, 0.717) is 11.0 Å². The fourth-order valence-corrected chi connectivity index (χ4v) is 2.02. The smallest absolute Gasteiger partial charge is 0.348 e. The van der Waals surface area contributed by atoms with Gasteiger partial charge >= 0.3 is 11.3 Å². The molecule has 112 valence electrons. The number of aromatic amines is 2. The Hall–Kier alpha value is -3.29. The highest BCUT2D eigenvalue weighted by atomic mass is 16.4. The number of rotatable bonds is 2. The number of hydrogen-bond donors (Lipinski definition) is 4. The quantitative estimate of drug-likeness (QED) is 0.529. The number of phenols is 1. The number of fused-ring (bicyclic) bond motifs is 1. The molecule has 0 unspecified atom stereocenters. The van der Waals surface area contributed by atoms with Crippen LogP contribution in [0.4, 0.5) is 5.69 Å². The molecule has 0 aliphatic carbocycles. The van der Waals surface area contributed by atoms with Crippen molar-refractivity contribution in [1.82, 2.24) is 9.97 Å². The van der Waals surface area contributed by atoms with Crippen LogP contribution >= 0.6 is 0 Å². The molecule has 8 heteroatoms. The van der Waals surface area contributed by atoms with Crippen LogP contribution in [0.25, 0.3) is 11.0 Å². The first-order valence-corrected chi connectivity index (χ1v) is 6.27. The first kappa shape index (κ1) is 13.7. The van der Waals surface area contributed by atoms with Crippen molar-refractivity contribution in [3.05, 3.63) is 50.4 Å². The van der Waals surface area contributed by atoms with Crippen molar-refractivity contribution in [2.45, 2.75) is 6.92 Å². The van der Waals surface area contributed by atoms with Crippen LogP contribution in [0.3, 0.4) is 0 Å². The van der Waals surface area contributed by atoms with Crippen LogP contribution in [0.2, 0.25) is 0 Å². The predicted molar refractivity (Wildman–Crippen MR) is 79.2 cm³/mol. The van der Waals surface area contributed by atoms with Gasteiger partial charge in [0.1, 0.15) is 28.5 Å². The van der Waals surface area contributed by atoms with Crippen molar-refractivity contribution in [2.75, 3.05) is 0 Å². The van der Waals surface area contributed by atoms with Gasteiger partial charge in [0.05, 0.1) is 11.0 Å². The summed E-state index contributed by atoms with van der Waals surface area (Å²) in [4.78, 5) is 31.8. The number of phenolic OH excluding ortho intramolecular Hbond substituents is 1. The van der Waals surface area contributed by atoms with E-state index in [0.717, 1.165) is 6.21 Å². The van der Waals surface area contributed by atoms with Gasteiger partial charge in [-0.05, 0) is 13.0 Å². The molecule has 4 N–H and O–H groups in total. The van der Waals surface area contributed by atoms with E-state index in [1.54, 1.807) is 0 Å². The highest BCUT2D eigenvalue weighted by molar-refractivity contribution is 5.88. The zero-order valence-electron chi connectivity index (χ0n) is 11.4. The van der Waals surface area contributed by atoms with Crippen LogP contribution < -0.4 is 11.3 Å². The number of nitrogens with zero attached hydrogens (tertiary/aromatic N) is 1. The lowest BCUT2D eigenvalue weighted by atomic mass is 10.2. The van der Waals surface area contributed by atoms with Gasteiger partial charge in [-0.15, -0.1) is 0 Å². The molecule has 0 fully saturated rings. The number of aryl methyl sites for hydroxylation is 1. The van der Waals surface area contributed by atoms with E-state index in [1.807, 2.05) is 0 Å². The molecule has 22 heavy (non-hydrogen) atoms. The molecule has 0 spiro atoms. The van der Waals surface area contributed by atoms with Gasteiger partial charge in [-0.25, -0.2) is 9.59 Å². The van der Waals surface area contributed by atoms with Crippen molar-refractivity contribution in [3.8, 4) is 11.5 Å². The van der Waals surface area contributed by atoms with Gasteiger partial charge in [0.2, 0.25) is 0 Å². The predicted octanol–water partition coefficient (Wildman–Crippen LogP) is 1.28. The summed E-state index contributed by atoms with van der Waals surface area (Å²) in [7, 11) is 0. The molecule has 0 saturated carbocycles. The molecule has 0 atom stereocenters. The fraction of sp³-hybridized carbons (Fsp3) is 0.0714. The summed E-state index contributed by atoms with van der Waals surface area (Å²) in [6, 6.07) is 4.05. The maximum Gasteiger partial charge on any atom is 0.348 e. The van der Waals surface area contributed by atoms with Gasteiger partial charge in [-0.1, -0.05) is 0 Å². The number of aromatic nitrogens is 2. The molecule has 0 saturated heterocycles. The molecule has 3 aromatic rings. The van der Waals surface area contributed by atoms with Crippen LogP contribution in [0.1, 0.15) is 11.3 Å². The summed E-state index contributed by atoms with van der Waals surface area (Å²) >= 11 is 0. The summed E-state index contributed by atoms with van der Waals surface area (Å²) in [5.41, 5.74) is -0.270. The van der Waals surface area contributed by atoms with E-state index in [9.17, 15) is 19.8 Å².